The molecular formula is C9H8FN3O3. The Balaban J connectivity index is 0.00000128. The summed E-state index contributed by atoms with van der Waals surface area (Å²) in [7, 11) is 0. The number of carboxylic acid groups (broad SMARTS) is 1. The van der Waals surface area contributed by atoms with E-state index >= 15 is 0 Å². The minimum absolute atomic E-state index is 0. The van der Waals surface area contributed by atoms with E-state index in [1.54, 1.807) is 0 Å². The quantitative estimate of drug-likeness (QED) is 0.719. The van der Waals surface area contributed by atoms with Crippen LogP contribution in [0.1, 0.15) is 10.5 Å². The summed E-state index contributed by atoms with van der Waals surface area (Å²) in [6, 6.07) is 3.72. The molecule has 1 aromatic carbocycles. The Morgan fingerprint density at radius 3 is 2.69 bits per heavy atom. The van der Waals surface area contributed by atoms with Crippen LogP contribution in [0.2, 0.25) is 0 Å². The van der Waals surface area contributed by atoms with Gasteiger partial charge >= 0.3 is 5.97 Å². The Morgan fingerprint density at radius 1 is 1.38 bits per heavy atom. The van der Waals surface area contributed by atoms with E-state index in [1.165, 1.54) is 12.1 Å². The smallest absolute Gasteiger partial charge is 0.358 e. The van der Waals surface area contributed by atoms with Gasteiger partial charge in [0.25, 0.3) is 0 Å². The number of halogens is 1. The number of rotatable bonds is 1. The molecule has 0 amide bonds. The Morgan fingerprint density at radius 2 is 2.06 bits per heavy atom. The minimum atomic E-state index is -1.29. The van der Waals surface area contributed by atoms with E-state index < -0.39 is 11.8 Å². The highest BCUT2D eigenvalue weighted by Gasteiger charge is 2.14. The van der Waals surface area contributed by atoms with Crippen molar-refractivity contribution in [3.8, 4) is 0 Å². The van der Waals surface area contributed by atoms with Crippen LogP contribution in [-0.4, -0.2) is 26.7 Å². The van der Waals surface area contributed by atoms with Crippen molar-refractivity contribution in [1.82, 2.24) is 10.2 Å². The van der Waals surface area contributed by atoms with Gasteiger partial charge in [0.05, 0.1) is 11.2 Å². The largest absolute Gasteiger partial charge is 0.476 e. The Bertz CT molecular complexity index is 559. The maximum Gasteiger partial charge on any atom is 0.358 e. The third-order valence-electron chi connectivity index (χ3n) is 1.96. The first-order valence-corrected chi connectivity index (χ1v) is 4.04. The lowest BCUT2D eigenvalue weighted by Crippen LogP contribution is -2.07. The second kappa shape index (κ2) is 4.07. The molecule has 0 aliphatic rings. The zero-order valence-corrected chi connectivity index (χ0v) is 7.94. The summed E-state index contributed by atoms with van der Waals surface area (Å²) in [5, 5.41) is 16.0. The topological polar surface area (TPSA) is 121 Å². The van der Waals surface area contributed by atoms with Crippen molar-refractivity contribution in [1.29, 1.82) is 0 Å². The van der Waals surface area contributed by atoms with Gasteiger partial charge in [-0.2, -0.15) is 0 Å². The fourth-order valence-electron chi connectivity index (χ4n) is 1.25. The lowest BCUT2D eigenvalue weighted by molar-refractivity contribution is 0.0691. The molecule has 0 saturated heterocycles. The zero-order valence-electron chi connectivity index (χ0n) is 7.94. The summed E-state index contributed by atoms with van der Waals surface area (Å²) < 4.78 is 12.9. The first kappa shape index (κ1) is 11.8. The normalized spacial score (nSPS) is 9.81. The summed E-state index contributed by atoms with van der Waals surface area (Å²) in [5.74, 6) is -1.79. The number of carbonyl (C=O) groups is 1. The van der Waals surface area contributed by atoms with Crippen molar-refractivity contribution >= 4 is 22.6 Å². The second-order valence-corrected chi connectivity index (χ2v) is 2.93. The predicted molar refractivity (Wildman–Crippen MR) is 54.5 cm³/mol. The molecule has 7 heteroatoms. The van der Waals surface area contributed by atoms with E-state index in [-0.39, 0.29) is 22.2 Å². The molecule has 0 aliphatic carbocycles. The van der Waals surface area contributed by atoms with Crippen molar-refractivity contribution < 1.29 is 19.8 Å². The average molecular weight is 225 g/mol. The molecule has 5 N–H and O–H groups in total. The highest BCUT2D eigenvalue weighted by Crippen LogP contribution is 2.21. The second-order valence-electron chi connectivity index (χ2n) is 2.93. The van der Waals surface area contributed by atoms with Crippen molar-refractivity contribution in [2.24, 2.45) is 0 Å². The monoisotopic (exact) mass is 225 g/mol. The van der Waals surface area contributed by atoms with Crippen LogP contribution in [0.25, 0.3) is 10.9 Å². The Kier molecular flexibility index (Phi) is 3.00. The molecule has 0 aliphatic heterocycles. The summed E-state index contributed by atoms with van der Waals surface area (Å²) in [6.07, 6.45) is 0. The number of nitrogens with two attached hydrogens (primary N) is 1. The number of aromatic nitrogens is 2. The zero-order chi connectivity index (χ0) is 11.0. The summed E-state index contributed by atoms with van der Waals surface area (Å²) in [4.78, 5) is 10.7. The van der Waals surface area contributed by atoms with E-state index in [2.05, 4.69) is 10.2 Å². The van der Waals surface area contributed by atoms with Crippen LogP contribution in [0.3, 0.4) is 0 Å². The molecule has 2 rings (SSSR count). The van der Waals surface area contributed by atoms with Gasteiger partial charge < -0.3 is 16.3 Å². The number of nitrogen functional groups attached to an aromatic ring is 1. The van der Waals surface area contributed by atoms with Crippen molar-refractivity contribution in [2.45, 2.75) is 0 Å². The lowest BCUT2D eigenvalue weighted by atomic mass is 10.1. The van der Waals surface area contributed by atoms with Gasteiger partial charge in [-0.3, -0.25) is 0 Å². The fraction of sp³-hybridized carbons (Fsp3) is 0. The molecule has 0 spiro atoms. The van der Waals surface area contributed by atoms with Crippen molar-refractivity contribution in [3.63, 3.8) is 0 Å². The molecule has 2 aromatic rings. The lowest BCUT2D eigenvalue weighted by Gasteiger charge is -2.03. The van der Waals surface area contributed by atoms with E-state index in [0.717, 1.165) is 6.07 Å². The van der Waals surface area contributed by atoms with E-state index in [1.807, 2.05) is 0 Å². The van der Waals surface area contributed by atoms with Gasteiger partial charge in [0, 0.05) is 5.39 Å². The number of carboxylic acids is 1. The van der Waals surface area contributed by atoms with Crippen LogP contribution in [0.15, 0.2) is 18.2 Å². The highest BCUT2D eigenvalue weighted by atomic mass is 19.1. The molecule has 1 heterocycles. The van der Waals surface area contributed by atoms with Crippen LogP contribution in [-0.2, 0) is 0 Å². The SMILES string of the molecule is Nc1c(C(=O)O)nnc2ccc(F)cc12.O. The van der Waals surface area contributed by atoms with E-state index in [0.29, 0.717) is 5.52 Å². The third kappa shape index (κ3) is 1.75. The van der Waals surface area contributed by atoms with Crippen molar-refractivity contribution in [3.05, 3.63) is 29.7 Å². The highest BCUT2D eigenvalue weighted by molar-refractivity contribution is 6.01. The van der Waals surface area contributed by atoms with Crippen LogP contribution in [0, 0.1) is 5.82 Å². The molecule has 84 valence electrons. The first-order valence-electron chi connectivity index (χ1n) is 4.04. The van der Waals surface area contributed by atoms with Crippen LogP contribution >= 0.6 is 0 Å². The average Bonchev–Trinajstić information content (AvgIpc) is 2.19. The number of aromatic carboxylic acids is 1. The van der Waals surface area contributed by atoms with Gasteiger partial charge in [-0.05, 0) is 18.2 Å². The third-order valence-corrected chi connectivity index (χ3v) is 1.96. The molecule has 1 aromatic heterocycles. The molecule has 0 radical (unpaired) electrons. The number of nitrogens with zero attached hydrogens (tertiary/aromatic N) is 2. The number of anilines is 1. The number of hydrogen-bond donors (Lipinski definition) is 2. The predicted octanol–water partition coefficient (Wildman–Crippen LogP) is 0.225. The standard InChI is InChI=1S/C9H6FN3O2.H2O/c10-4-1-2-6-5(3-4)7(11)8(9(14)15)13-12-6;/h1-3H,(H2,11,12)(H,14,15);1H2. The van der Waals surface area contributed by atoms with Crippen LogP contribution in [0.4, 0.5) is 10.1 Å². The summed E-state index contributed by atoms with van der Waals surface area (Å²) in [5.41, 5.74) is 5.45. The number of benzene rings is 1. The molecular weight excluding hydrogens is 217 g/mol. The van der Waals surface area contributed by atoms with Gasteiger partial charge in [-0.15, -0.1) is 10.2 Å². The van der Waals surface area contributed by atoms with E-state index in [9.17, 15) is 9.18 Å². The fourth-order valence-corrected chi connectivity index (χ4v) is 1.25. The van der Waals surface area contributed by atoms with Crippen LogP contribution in [0.5, 0.6) is 0 Å². The maximum atomic E-state index is 12.9. The number of fused-ring (bicyclic) bond motifs is 1. The van der Waals surface area contributed by atoms with Gasteiger partial charge in [-0.25, -0.2) is 9.18 Å². The first-order chi connectivity index (χ1) is 7.09. The Labute approximate surface area is 88.8 Å². The van der Waals surface area contributed by atoms with Gasteiger partial charge in [0.15, 0.2) is 5.69 Å². The molecule has 0 fully saturated rings. The molecule has 0 atom stereocenters. The van der Waals surface area contributed by atoms with Crippen molar-refractivity contribution in [2.75, 3.05) is 5.73 Å². The molecule has 6 nitrogen and oxygen atoms in total. The van der Waals surface area contributed by atoms with Gasteiger partial charge in [-0.1, -0.05) is 0 Å². The molecule has 0 unspecified atom stereocenters. The molecule has 16 heavy (non-hydrogen) atoms. The Hall–Kier alpha value is -2.28. The summed E-state index contributed by atoms with van der Waals surface area (Å²) in [6.45, 7) is 0. The van der Waals surface area contributed by atoms with Gasteiger partial charge in [0.1, 0.15) is 5.82 Å². The molecule has 0 saturated carbocycles. The number of hydrogen-bond acceptors (Lipinski definition) is 4. The molecule has 0 bridgehead atoms. The van der Waals surface area contributed by atoms with Crippen LogP contribution < -0.4 is 5.73 Å². The van der Waals surface area contributed by atoms with E-state index in [4.69, 9.17) is 10.8 Å². The maximum absolute atomic E-state index is 12.9. The van der Waals surface area contributed by atoms with Gasteiger partial charge in [0.2, 0.25) is 0 Å². The summed E-state index contributed by atoms with van der Waals surface area (Å²) >= 11 is 0. The minimum Gasteiger partial charge on any atom is -0.476 e.